The molecule has 0 unspecified atom stereocenters. The van der Waals surface area contributed by atoms with E-state index in [0.717, 1.165) is 24.2 Å². The van der Waals surface area contributed by atoms with Crippen LogP contribution in [-0.2, 0) is 26.0 Å². The number of benzene rings is 2. The van der Waals surface area contributed by atoms with E-state index in [1.807, 2.05) is 24.3 Å². The molecule has 1 aliphatic heterocycles. The van der Waals surface area contributed by atoms with Gasteiger partial charge in [0, 0.05) is 24.3 Å². The molecule has 1 fully saturated rings. The minimum absolute atomic E-state index is 0.129. The van der Waals surface area contributed by atoms with Crippen LogP contribution in [0.3, 0.4) is 0 Å². The van der Waals surface area contributed by atoms with Crippen LogP contribution in [0.2, 0.25) is 0 Å². The lowest BCUT2D eigenvalue weighted by atomic mass is 10.1. The minimum Gasteiger partial charge on any atom is -0.326 e. The van der Waals surface area contributed by atoms with Gasteiger partial charge in [-0.1, -0.05) is 12.1 Å². The summed E-state index contributed by atoms with van der Waals surface area (Å²) in [6, 6.07) is 13.3. The molecule has 0 radical (unpaired) electrons. The number of anilines is 2. The summed E-state index contributed by atoms with van der Waals surface area (Å²) in [7, 11) is -2.15. The van der Waals surface area contributed by atoms with Crippen molar-refractivity contribution in [3.05, 3.63) is 54.1 Å². The van der Waals surface area contributed by atoms with Gasteiger partial charge in [-0.25, -0.2) is 13.1 Å². The fourth-order valence-corrected chi connectivity index (χ4v) is 3.67. The molecule has 0 spiro atoms. The minimum atomic E-state index is -3.50. The van der Waals surface area contributed by atoms with Crippen LogP contribution >= 0.6 is 0 Å². The first-order valence-corrected chi connectivity index (χ1v) is 10.1. The highest BCUT2D eigenvalue weighted by Gasteiger charge is 2.21. The lowest BCUT2D eigenvalue weighted by Crippen LogP contribution is -2.23. The third-order valence-corrected chi connectivity index (χ3v) is 5.83. The largest absolute Gasteiger partial charge is 0.326 e. The van der Waals surface area contributed by atoms with E-state index in [-0.39, 0.29) is 23.1 Å². The first-order valence-electron chi connectivity index (χ1n) is 8.62. The van der Waals surface area contributed by atoms with Crippen LogP contribution in [0.5, 0.6) is 0 Å². The number of nitrogens with one attached hydrogen (secondary N) is 2. The Morgan fingerprint density at radius 3 is 2.30 bits per heavy atom. The van der Waals surface area contributed by atoms with E-state index in [0.29, 0.717) is 12.1 Å². The van der Waals surface area contributed by atoms with Crippen LogP contribution in [0, 0.1) is 0 Å². The molecule has 2 aromatic carbocycles. The fourth-order valence-electron chi connectivity index (χ4n) is 2.94. The predicted octanol–water partition coefficient (Wildman–Crippen LogP) is 1.90. The van der Waals surface area contributed by atoms with E-state index in [9.17, 15) is 18.0 Å². The van der Waals surface area contributed by atoms with Gasteiger partial charge in [-0.2, -0.15) is 0 Å². The highest BCUT2D eigenvalue weighted by Crippen LogP contribution is 2.22. The van der Waals surface area contributed by atoms with Crippen LogP contribution in [0.1, 0.15) is 18.4 Å². The summed E-state index contributed by atoms with van der Waals surface area (Å²) in [6.07, 6.45) is 1.64. The average molecular weight is 387 g/mol. The first-order chi connectivity index (χ1) is 12.9. The zero-order valence-corrected chi connectivity index (χ0v) is 15.8. The summed E-state index contributed by atoms with van der Waals surface area (Å²) in [6.45, 7) is 0.734. The van der Waals surface area contributed by atoms with Gasteiger partial charge in [0.2, 0.25) is 21.8 Å². The van der Waals surface area contributed by atoms with E-state index in [1.54, 1.807) is 17.0 Å². The molecule has 1 saturated heterocycles. The van der Waals surface area contributed by atoms with Crippen molar-refractivity contribution in [2.45, 2.75) is 24.2 Å². The maximum absolute atomic E-state index is 12.2. The van der Waals surface area contributed by atoms with Gasteiger partial charge in [-0.3, -0.25) is 9.59 Å². The summed E-state index contributed by atoms with van der Waals surface area (Å²) >= 11 is 0. The fraction of sp³-hybridized carbons (Fsp3) is 0.263. The van der Waals surface area contributed by atoms with Crippen molar-refractivity contribution in [2.75, 3.05) is 23.8 Å². The molecule has 3 rings (SSSR count). The SMILES string of the molecule is CNS(=O)(=O)c1ccc(NC(=O)Cc2ccc(N3CCCC3=O)cc2)cc1. The molecule has 7 nitrogen and oxygen atoms in total. The molecular weight excluding hydrogens is 366 g/mol. The van der Waals surface area contributed by atoms with Gasteiger partial charge >= 0.3 is 0 Å². The number of sulfonamides is 1. The monoisotopic (exact) mass is 387 g/mol. The molecule has 0 atom stereocenters. The van der Waals surface area contributed by atoms with Gasteiger partial charge in [0.15, 0.2) is 0 Å². The van der Waals surface area contributed by atoms with Crippen molar-refractivity contribution in [2.24, 2.45) is 0 Å². The third kappa shape index (κ3) is 4.53. The average Bonchev–Trinajstić information content (AvgIpc) is 3.09. The lowest BCUT2D eigenvalue weighted by molar-refractivity contribution is -0.117. The number of hydrogen-bond donors (Lipinski definition) is 2. The molecule has 142 valence electrons. The lowest BCUT2D eigenvalue weighted by Gasteiger charge is -2.15. The second kappa shape index (κ2) is 7.89. The van der Waals surface area contributed by atoms with Gasteiger partial charge in [0.25, 0.3) is 0 Å². The van der Waals surface area contributed by atoms with Gasteiger partial charge in [-0.05, 0) is 55.4 Å². The highest BCUT2D eigenvalue weighted by atomic mass is 32.2. The summed E-state index contributed by atoms with van der Waals surface area (Å²) < 4.78 is 25.6. The molecule has 2 N–H and O–H groups in total. The van der Waals surface area contributed by atoms with Crippen LogP contribution in [0.15, 0.2) is 53.4 Å². The summed E-state index contributed by atoms with van der Waals surface area (Å²) in [5.74, 6) is -0.0755. The maximum Gasteiger partial charge on any atom is 0.240 e. The van der Waals surface area contributed by atoms with Crippen LogP contribution < -0.4 is 14.9 Å². The zero-order chi connectivity index (χ0) is 19.4. The molecule has 0 aromatic heterocycles. The molecule has 0 saturated carbocycles. The Hall–Kier alpha value is -2.71. The predicted molar refractivity (Wildman–Crippen MR) is 103 cm³/mol. The van der Waals surface area contributed by atoms with Gasteiger partial charge in [-0.15, -0.1) is 0 Å². The summed E-state index contributed by atoms with van der Waals surface area (Å²) in [4.78, 5) is 25.9. The Morgan fingerprint density at radius 1 is 1.07 bits per heavy atom. The van der Waals surface area contributed by atoms with Crippen molar-refractivity contribution in [1.82, 2.24) is 4.72 Å². The van der Waals surface area contributed by atoms with Gasteiger partial charge in [0.05, 0.1) is 11.3 Å². The Bertz CT molecular complexity index is 938. The van der Waals surface area contributed by atoms with Gasteiger partial charge in [0.1, 0.15) is 0 Å². The summed E-state index contributed by atoms with van der Waals surface area (Å²) in [5, 5.41) is 2.75. The first kappa shape index (κ1) is 19.1. The number of amides is 2. The molecule has 0 bridgehead atoms. The van der Waals surface area contributed by atoms with Crippen LogP contribution in [0.25, 0.3) is 0 Å². The molecule has 8 heteroatoms. The number of hydrogen-bond acceptors (Lipinski definition) is 4. The van der Waals surface area contributed by atoms with Crippen molar-refractivity contribution in [3.63, 3.8) is 0 Å². The third-order valence-electron chi connectivity index (χ3n) is 4.40. The number of rotatable bonds is 6. The van der Waals surface area contributed by atoms with Crippen LogP contribution in [0.4, 0.5) is 11.4 Å². The van der Waals surface area contributed by atoms with E-state index < -0.39 is 10.0 Å². The second-order valence-electron chi connectivity index (χ2n) is 6.27. The highest BCUT2D eigenvalue weighted by molar-refractivity contribution is 7.89. The Kier molecular flexibility index (Phi) is 5.57. The van der Waals surface area contributed by atoms with E-state index in [1.165, 1.54) is 19.2 Å². The molecule has 0 aliphatic carbocycles. The van der Waals surface area contributed by atoms with Crippen molar-refractivity contribution in [1.29, 1.82) is 0 Å². The normalized spacial score (nSPS) is 14.4. The second-order valence-corrected chi connectivity index (χ2v) is 8.16. The van der Waals surface area contributed by atoms with E-state index >= 15 is 0 Å². The topological polar surface area (TPSA) is 95.6 Å². The summed E-state index contributed by atoms with van der Waals surface area (Å²) in [5.41, 5.74) is 2.20. The van der Waals surface area contributed by atoms with Crippen molar-refractivity contribution < 1.29 is 18.0 Å². The molecule has 27 heavy (non-hydrogen) atoms. The van der Waals surface area contributed by atoms with Crippen molar-refractivity contribution in [3.8, 4) is 0 Å². The van der Waals surface area contributed by atoms with Crippen LogP contribution in [-0.4, -0.2) is 33.8 Å². The smallest absolute Gasteiger partial charge is 0.240 e. The van der Waals surface area contributed by atoms with Crippen molar-refractivity contribution >= 4 is 33.2 Å². The standard InChI is InChI=1S/C19H21N3O4S/c1-20-27(25,26)17-10-6-15(7-11-17)21-18(23)13-14-4-8-16(9-5-14)22-12-2-3-19(22)24/h4-11,20H,2-3,12-13H2,1H3,(H,21,23). The maximum atomic E-state index is 12.2. The Morgan fingerprint density at radius 2 is 1.74 bits per heavy atom. The molecule has 1 heterocycles. The Balaban J connectivity index is 1.60. The quantitative estimate of drug-likeness (QED) is 0.791. The molecule has 2 aromatic rings. The Labute approximate surface area is 158 Å². The van der Waals surface area contributed by atoms with Gasteiger partial charge < -0.3 is 10.2 Å². The number of nitrogens with zero attached hydrogens (tertiary/aromatic N) is 1. The number of carbonyl (C=O) groups is 2. The molecule has 1 aliphatic rings. The van der Waals surface area contributed by atoms with E-state index in [2.05, 4.69) is 10.0 Å². The van der Waals surface area contributed by atoms with E-state index in [4.69, 9.17) is 0 Å². The molecular formula is C19H21N3O4S. The zero-order valence-electron chi connectivity index (χ0n) is 14.9. The number of carbonyl (C=O) groups excluding carboxylic acids is 2. The molecule has 2 amide bonds.